The maximum atomic E-state index is 11.7. The van der Waals surface area contributed by atoms with Gasteiger partial charge in [-0.05, 0) is 31.0 Å². The smallest absolute Gasteiger partial charge is 0.224 e. The molecule has 0 aliphatic rings. The first kappa shape index (κ1) is 12.6. The summed E-state index contributed by atoms with van der Waals surface area (Å²) in [5, 5.41) is 2.87. The summed E-state index contributed by atoms with van der Waals surface area (Å²) in [6.07, 6.45) is 3.51. The molecule has 2 atom stereocenters. The van der Waals surface area contributed by atoms with Crippen molar-refractivity contribution in [1.29, 1.82) is 0 Å². The number of nitrogens with one attached hydrogen (secondary N) is 1. The molecule has 0 saturated heterocycles. The van der Waals surface area contributed by atoms with Crippen molar-refractivity contribution in [2.75, 3.05) is 0 Å². The lowest BCUT2D eigenvalue weighted by Gasteiger charge is -2.15. The van der Waals surface area contributed by atoms with Crippen molar-refractivity contribution in [2.45, 2.75) is 33.4 Å². The molecule has 0 saturated carbocycles. The molecule has 0 aromatic carbocycles. The molecule has 0 radical (unpaired) electrons. The molecule has 4 heteroatoms. The Morgan fingerprint density at radius 1 is 1.56 bits per heavy atom. The Labute approximate surface area is 96.3 Å². The van der Waals surface area contributed by atoms with E-state index in [4.69, 9.17) is 5.73 Å². The van der Waals surface area contributed by atoms with Crippen LogP contribution in [0.4, 0.5) is 0 Å². The molecule has 1 amide bonds. The maximum absolute atomic E-state index is 11.7. The second-order valence-electron chi connectivity index (χ2n) is 4.17. The minimum Gasteiger partial charge on any atom is -0.352 e. The highest BCUT2D eigenvalue weighted by Gasteiger charge is 2.16. The molecule has 3 N–H and O–H groups in total. The summed E-state index contributed by atoms with van der Waals surface area (Å²) in [5.41, 5.74) is 7.83. The molecule has 4 nitrogen and oxygen atoms in total. The van der Waals surface area contributed by atoms with Crippen molar-refractivity contribution < 1.29 is 4.79 Å². The van der Waals surface area contributed by atoms with Crippen LogP contribution in [0.2, 0.25) is 0 Å². The number of hydrogen-bond acceptors (Lipinski definition) is 3. The van der Waals surface area contributed by atoms with E-state index in [0.29, 0.717) is 6.54 Å². The van der Waals surface area contributed by atoms with Gasteiger partial charge in [0.15, 0.2) is 0 Å². The van der Waals surface area contributed by atoms with Gasteiger partial charge in [-0.3, -0.25) is 9.78 Å². The van der Waals surface area contributed by atoms with Crippen LogP contribution in [0.15, 0.2) is 18.5 Å². The summed E-state index contributed by atoms with van der Waals surface area (Å²) in [6.45, 7) is 6.18. The lowest BCUT2D eigenvalue weighted by Crippen LogP contribution is -2.38. The van der Waals surface area contributed by atoms with Gasteiger partial charge in [0.1, 0.15) is 0 Å². The third-order valence-corrected chi connectivity index (χ3v) is 2.79. The van der Waals surface area contributed by atoms with Gasteiger partial charge in [0.2, 0.25) is 5.91 Å². The summed E-state index contributed by atoms with van der Waals surface area (Å²) in [5.74, 6) is -0.173. The van der Waals surface area contributed by atoms with E-state index in [1.807, 2.05) is 26.8 Å². The van der Waals surface area contributed by atoms with Crippen LogP contribution >= 0.6 is 0 Å². The van der Waals surface area contributed by atoms with Gasteiger partial charge in [0.25, 0.3) is 0 Å². The summed E-state index contributed by atoms with van der Waals surface area (Å²) in [6, 6.07) is 1.78. The summed E-state index contributed by atoms with van der Waals surface area (Å²) in [4.78, 5) is 15.7. The zero-order valence-electron chi connectivity index (χ0n) is 10.0. The monoisotopic (exact) mass is 221 g/mol. The van der Waals surface area contributed by atoms with Crippen molar-refractivity contribution in [2.24, 2.45) is 11.7 Å². The first-order valence-electron chi connectivity index (χ1n) is 5.45. The number of carbonyl (C=O) groups excluding carboxylic acids is 1. The van der Waals surface area contributed by atoms with Crippen LogP contribution in [0.5, 0.6) is 0 Å². The summed E-state index contributed by atoms with van der Waals surface area (Å²) < 4.78 is 0. The second kappa shape index (κ2) is 5.61. The largest absolute Gasteiger partial charge is 0.352 e. The molecule has 1 aromatic heterocycles. The number of hydrogen-bond donors (Lipinski definition) is 2. The maximum Gasteiger partial charge on any atom is 0.224 e. The van der Waals surface area contributed by atoms with Crippen molar-refractivity contribution >= 4 is 5.91 Å². The minimum atomic E-state index is -0.165. The van der Waals surface area contributed by atoms with E-state index in [9.17, 15) is 4.79 Å². The van der Waals surface area contributed by atoms with Crippen LogP contribution in [-0.2, 0) is 11.3 Å². The Balaban J connectivity index is 2.52. The minimum absolute atomic E-state index is 0.00814. The van der Waals surface area contributed by atoms with Crippen molar-refractivity contribution in [3.05, 3.63) is 29.6 Å². The second-order valence-corrected chi connectivity index (χ2v) is 4.17. The van der Waals surface area contributed by atoms with E-state index >= 15 is 0 Å². The molecule has 0 spiro atoms. The molecule has 0 bridgehead atoms. The molecule has 1 heterocycles. The van der Waals surface area contributed by atoms with Gasteiger partial charge in [-0.1, -0.05) is 6.92 Å². The standard InChI is InChI=1S/C12H19N3O/c1-8-6-14-5-4-11(8)7-15-12(16)9(2)10(3)13/h4-6,9-10H,7,13H2,1-3H3,(H,15,16). The Morgan fingerprint density at radius 3 is 2.81 bits per heavy atom. The van der Waals surface area contributed by atoms with Crippen LogP contribution in [0.25, 0.3) is 0 Å². The molecule has 16 heavy (non-hydrogen) atoms. The van der Waals surface area contributed by atoms with E-state index in [1.54, 1.807) is 12.4 Å². The summed E-state index contributed by atoms with van der Waals surface area (Å²) >= 11 is 0. The molecule has 0 aliphatic heterocycles. The van der Waals surface area contributed by atoms with Gasteiger partial charge in [-0.15, -0.1) is 0 Å². The van der Waals surface area contributed by atoms with Crippen LogP contribution in [0, 0.1) is 12.8 Å². The highest BCUT2D eigenvalue weighted by atomic mass is 16.1. The van der Waals surface area contributed by atoms with Crippen molar-refractivity contribution in [3.8, 4) is 0 Å². The lowest BCUT2D eigenvalue weighted by molar-refractivity contribution is -0.125. The number of rotatable bonds is 4. The Morgan fingerprint density at radius 2 is 2.25 bits per heavy atom. The molecular weight excluding hydrogens is 202 g/mol. The van der Waals surface area contributed by atoms with Gasteiger partial charge < -0.3 is 11.1 Å². The number of nitrogens with two attached hydrogens (primary N) is 1. The Hall–Kier alpha value is -1.42. The van der Waals surface area contributed by atoms with Crippen molar-refractivity contribution in [3.63, 3.8) is 0 Å². The predicted molar refractivity (Wildman–Crippen MR) is 63.6 cm³/mol. The van der Waals surface area contributed by atoms with Gasteiger partial charge >= 0.3 is 0 Å². The van der Waals surface area contributed by atoms with Crippen LogP contribution in [0.3, 0.4) is 0 Å². The van der Waals surface area contributed by atoms with Gasteiger partial charge in [-0.2, -0.15) is 0 Å². The average Bonchev–Trinajstić information content (AvgIpc) is 2.26. The highest BCUT2D eigenvalue weighted by Crippen LogP contribution is 2.05. The van der Waals surface area contributed by atoms with Crippen molar-refractivity contribution in [1.82, 2.24) is 10.3 Å². The fourth-order valence-electron chi connectivity index (χ4n) is 1.28. The van der Waals surface area contributed by atoms with E-state index in [1.165, 1.54) is 0 Å². The molecule has 1 aromatic rings. The zero-order valence-corrected chi connectivity index (χ0v) is 10.0. The Bertz CT molecular complexity index is 363. The third kappa shape index (κ3) is 3.31. The van der Waals surface area contributed by atoms with Crippen LogP contribution in [0.1, 0.15) is 25.0 Å². The predicted octanol–water partition coefficient (Wildman–Crippen LogP) is 0.990. The fraction of sp³-hybridized carbons (Fsp3) is 0.500. The molecule has 88 valence electrons. The summed E-state index contributed by atoms with van der Waals surface area (Å²) in [7, 11) is 0. The fourth-order valence-corrected chi connectivity index (χ4v) is 1.28. The SMILES string of the molecule is Cc1cnccc1CNC(=O)C(C)C(C)N. The molecule has 1 rings (SSSR count). The number of amides is 1. The molecular formula is C12H19N3O. The molecule has 0 fully saturated rings. The van der Waals surface area contributed by atoms with Gasteiger partial charge in [-0.25, -0.2) is 0 Å². The molecule has 2 unspecified atom stereocenters. The topological polar surface area (TPSA) is 68.0 Å². The first-order chi connectivity index (χ1) is 7.52. The number of aromatic nitrogens is 1. The van der Waals surface area contributed by atoms with E-state index in [2.05, 4.69) is 10.3 Å². The lowest BCUT2D eigenvalue weighted by atomic mass is 10.0. The van der Waals surface area contributed by atoms with Gasteiger partial charge in [0.05, 0.1) is 0 Å². The van der Waals surface area contributed by atoms with E-state index in [0.717, 1.165) is 11.1 Å². The average molecular weight is 221 g/mol. The zero-order chi connectivity index (χ0) is 12.1. The number of aryl methyl sites for hydroxylation is 1. The normalized spacial score (nSPS) is 14.2. The van der Waals surface area contributed by atoms with Gasteiger partial charge in [0, 0.05) is 30.9 Å². The quantitative estimate of drug-likeness (QED) is 0.796. The number of carbonyl (C=O) groups is 1. The molecule has 0 aliphatic carbocycles. The first-order valence-corrected chi connectivity index (χ1v) is 5.45. The highest BCUT2D eigenvalue weighted by molar-refractivity contribution is 5.78. The van der Waals surface area contributed by atoms with E-state index in [-0.39, 0.29) is 17.9 Å². The van der Waals surface area contributed by atoms with Crippen LogP contribution in [-0.4, -0.2) is 16.9 Å². The number of pyridine rings is 1. The Kier molecular flexibility index (Phi) is 4.43. The third-order valence-electron chi connectivity index (χ3n) is 2.79. The number of nitrogens with zero attached hydrogens (tertiary/aromatic N) is 1. The van der Waals surface area contributed by atoms with E-state index < -0.39 is 0 Å². The van der Waals surface area contributed by atoms with Crippen LogP contribution < -0.4 is 11.1 Å².